The molecule has 2 N–H and O–H groups in total. The second-order valence-corrected chi connectivity index (χ2v) is 5.43. The molecule has 0 saturated heterocycles. The third kappa shape index (κ3) is 3.65. The zero-order valence-corrected chi connectivity index (χ0v) is 11.1. The molecule has 18 heavy (non-hydrogen) atoms. The highest BCUT2D eigenvalue weighted by atomic mass is 32.1. The number of benzene rings is 1. The number of aryl methyl sites for hydroxylation is 1. The molecule has 1 atom stereocenters. The van der Waals surface area contributed by atoms with Gasteiger partial charge in [-0.1, -0.05) is 18.2 Å². The van der Waals surface area contributed by atoms with E-state index in [0.717, 1.165) is 19.3 Å². The zero-order chi connectivity index (χ0) is 12.8. The van der Waals surface area contributed by atoms with Crippen molar-refractivity contribution in [3.8, 4) is 0 Å². The van der Waals surface area contributed by atoms with Gasteiger partial charge in [0.05, 0.1) is 0 Å². The topological polar surface area (TPSA) is 26.0 Å². The molecule has 1 nitrogen and oxygen atoms in total. The molecule has 0 aliphatic heterocycles. The first kappa shape index (κ1) is 13.2. The molecule has 2 aromatic rings. The van der Waals surface area contributed by atoms with Gasteiger partial charge in [0.15, 0.2) is 0 Å². The van der Waals surface area contributed by atoms with E-state index < -0.39 is 0 Å². The molecule has 1 aromatic heterocycles. The molecule has 96 valence electrons. The first-order valence-electron chi connectivity index (χ1n) is 6.27. The van der Waals surface area contributed by atoms with Crippen LogP contribution in [0.25, 0.3) is 0 Å². The van der Waals surface area contributed by atoms with Crippen molar-refractivity contribution in [1.29, 1.82) is 0 Å². The van der Waals surface area contributed by atoms with Crippen LogP contribution < -0.4 is 5.73 Å². The Morgan fingerprint density at radius 1 is 1.11 bits per heavy atom. The van der Waals surface area contributed by atoms with Crippen molar-refractivity contribution in [2.45, 2.75) is 25.2 Å². The van der Waals surface area contributed by atoms with Crippen molar-refractivity contribution < 1.29 is 4.39 Å². The number of hydrogen-bond acceptors (Lipinski definition) is 2. The highest BCUT2D eigenvalue weighted by Crippen LogP contribution is 2.28. The minimum atomic E-state index is -0.171. The van der Waals surface area contributed by atoms with Crippen LogP contribution in [0.15, 0.2) is 41.8 Å². The van der Waals surface area contributed by atoms with Crippen LogP contribution in [0.2, 0.25) is 0 Å². The van der Waals surface area contributed by atoms with E-state index in [-0.39, 0.29) is 5.82 Å². The lowest BCUT2D eigenvalue weighted by atomic mass is 9.95. The zero-order valence-electron chi connectivity index (χ0n) is 10.3. The van der Waals surface area contributed by atoms with E-state index >= 15 is 0 Å². The predicted molar refractivity (Wildman–Crippen MR) is 75.5 cm³/mol. The van der Waals surface area contributed by atoms with E-state index in [9.17, 15) is 4.39 Å². The van der Waals surface area contributed by atoms with Gasteiger partial charge in [0, 0.05) is 4.88 Å². The highest BCUT2D eigenvalue weighted by Gasteiger charge is 2.11. The van der Waals surface area contributed by atoms with Gasteiger partial charge in [0.25, 0.3) is 0 Å². The standard InChI is InChI=1S/C15H18FNS/c16-14-7-4-12(5-8-14)3-6-13(9-10-17)15-2-1-11-18-15/h1-2,4-5,7-8,11,13H,3,6,9-10,17H2. The summed E-state index contributed by atoms with van der Waals surface area (Å²) in [5.74, 6) is 0.357. The Balaban J connectivity index is 1.95. The van der Waals surface area contributed by atoms with Crippen molar-refractivity contribution in [3.63, 3.8) is 0 Å². The van der Waals surface area contributed by atoms with Crippen LogP contribution in [0, 0.1) is 5.82 Å². The fourth-order valence-corrected chi connectivity index (χ4v) is 3.05. The van der Waals surface area contributed by atoms with Crippen molar-refractivity contribution in [2.75, 3.05) is 6.54 Å². The number of rotatable bonds is 6. The van der Waals surface area contributed by atoms with E-state index in [1.807, 2.05) is 12.1 Å². The van der Waals surface area contributed by atoms with Crippen LogP contribution >= 0.6 is 11.3 Å². The number of hydrogen-bond donors (Lipinski definition) is 1. The average molecular weight is 263 g/mol. The van der Waals surface area contributed by atoms with Crippen LogP contribution in [-0.4, -0.2) is 6.54 Å². The van der Waals surface area contributed by atoms with Gasteiger partial charge in [-0.2, -0.15) is 0 Å². The molecule has 2 rings (SSSR count). The minimum absolute atomic E-state index is 0.171. The van der Waals surface area contributed by atoms with E-state index in [4.69, 9.17) is 5.73 Å². The maximum Gasteiger partial charge on any atom is 0.123 e. The minimum Gasteiger partial charge on any atom is -0.330 e. The fraction of sp³-hybridized carbons (Fsp3) is 0.333. The summed E-state index contributed by atoms with van der Waals surface area (Å²) in [7, 11) is 0. The molecule has 0 radical (unpaired) electrons. The molecular weight excluding hydrogens is 245 g/mol. The summed E-state index contributed by atoms with van der Waals surface area (Å²) in [5.41, 5.74) is 6.87. The molecule has 0 bridgehead atoms. The third-order valence-electron chi connectivity index (χ3n) is 3.16. The summed E-state index contributed by atoms with van der Waals surface area (Å²) in [6, 6.07) is 11.0. The van der Waals surface area contributed by atoms with Crippen LogP contribution in [0.3, 0.4) is 0 Å². The van der Waals surface area contributed by atoms with Crippen LogP contribution in [0.5, 0.6) is 0 Å². The molecule has 0 amide bonds. The Labute approximate surface area is 111 Å². The van der Waals surface area contributed by atoms with Crippen molar-refractivity contribution in [3.05, 3.63) is 58.0 Å². The summed E-state index contributed by atoms with van der Waals surface area (Å²) < 4.78 is 12.8. The van der Waals surface area contributed by atoms with E-state index in [1.165, 1.54) is 22.6 Å². The molecule has 3 heteroatoms. The molecule has 1 aromatic carbocycles. The molecule has 1 unspecified atom stereocenters. The maximum absolute atomic E-state index is 12.8. The van der Waals surface area contributed by atoms with Gasteiger partial charge in [-0.25, -0.2) is 4.39 Å². The van der Waals surface area contributed by atoms with Gasteiger partial charge >= 0.3 is 0 Å². The van der Waals surface area contributed by atoms with E-state index in [1.54, 1.807) is 11.3 Å². The summed E-state index contributed by atoms with van der Waals surface area (Å²) in [5, 5.41) is 2.11. The van der Waals surface area contributed by atoms with Gasteiger partial charge in [0.1, 0.15) is 5.82 Å². The third-order valence-corrected chi connectivity index (χ3v) is 4.19. The van der Waals surface area contributed by atoms with Gasteiger partial charge in [0.2, 0.25) is 0 Å². The Morgan fingerprint density at radius 2 is 1.89 bits per heavy atom. The Hall–Kier alpha value is -1.19. The molecule has 1 heterocycles. The summed E-state index contributed by atoms with van der Waals surface area (Å²) >= 11 is 1.79. The Bertz CT molecular complexity index is 450. The van der Waals surface area contributed by atoms with Crippen LogP contribution in [0.4, 0.5) is 4.39 Å². The van der Waals surface area contributed by atoms with E-state index in [2.05, 4.69) is 17.5 Å². The van der Waals surface area contributed by atoms with Crippen molar-refractivity contribution in [2.24, 2.45) is 5.73 Å². The smallest absolute Gasteiger partial charge is 0.123 e. The number of halogens is 1. The fourth-order valence-electron chi connectivity index (χ4n) is 2.15. The van der Waals surface area contributed by atoms with Gasteiger partial charge < -0.3 is 5.73 Å². The Morgan fingerprint density at radius 3 is 2.50 bits per heavy atom. The number of nitrogens with two attached hydrogens (primary N) is 1. The first-order valence-corrected chi connectivity index (χ1v) is 7.15. The lowest BCUT2D eigenvalue weighted by molar-refractivity contribution is 0.591. The average Bonchev–Trinajstić information content (AvgIpc) is 2.90. The van der Waals surface area contributed by atoms with Gasteiger partial charge in [-0.05, 0) is 60.9 Å². The second-order valence-electron chi connectivity index (χ2n) is 4.45. The second kappa shape index (κ2) is 6.66. The first-order chi connectivity index (χ1) is 8.79. The summed E-state index contributed by atoms with van der Waals surface area (Å²) in [6.07, 6.45) is 3.06. The summed E-state index contributed by atoms with van der Waals surface area (Å²) in [4.78, 5) is 1.41. The predicted octanol–water partition coefficient (Wildman–Crippen LogP) is 3.95. The van der Waals surface area contributed by atoms with Crippen LogP contribution in [0.1, 0.15) is 29.2 Å². The molecule has 0 aliphatic rings. The van der Waals surface area contributed by atoms with Crippen LogP contribution in [-0.2, 0) is 6.42 Å². The SMILES string of the molecule is NCCC(CCc1ccc(F)cc1)c1cccs1. The summed E-state index contributed by atoms with van der Waals surface area (Å²) in [6.45, 7) is 0.714. The lowest BCUT2D eigenvalue weighted by Gasteiger charge is -2.14. The quantitative estimate of drug-likeness (QED) is 0.839. The normalized spacial score (nSPS) is 12.6. The molecule has 0 saturated carbocycles. The number of thiophene rings is 1. The maximum atomic E-state index is 12.8. The van der Waals surface area contributed by atoms with Crippen molar-refractivity contribution in [1.82, 2.24) is 0 Å². The van der Waals surface area contributed by atoms with E-state index in [0.29, 0.717) is 12.5 Å². The largest absolute Gasteiger partial charge is 0.330 e. The monoisotopic (exact) mass is 263 g/mol. The van der Waals surface area contributed by atoms with Gasteiger partial charge in [-0.3, -0.25) is 0 Å². The molecule has 0 spiro atoms. The Kier molecular flexibility index (Phi) is 4.90. The molecule has 0 fully saturated rings. The van der Waals surface area contributed by atoms with Crippen molar-refractivity contribution >= 4 is 11.3 Å². The molecule has 0 aliphatic carbocycles. The molecular formula is C15H18FNS. The van der Waals surface area contributed by atoms with Gasteiger partial charge in [-0.15, -0.1) is 11.3 Å². The lowest BCUT2D eigenvalue weighted by Crippen LogP contribution is -2.07. The highest BCUT2D eigenvalue weighted by molar-refractivity contribution is 7.10.